The standard InChI is InChI=1S/C10H19F3N2O3S/c1-5-18-8(16)6(14)7(10(11,12)13)15-19(17)9(2,3)4/h6-7,15H,5,14H2,1-4H3/t6-,7-,19-/m1/s1. The van der Waals surface area contributed by atoms with E-state index in [-0.39, 0.29) is 6.61 Å². The zero-order valence-electron chi connectivity index (χ0n) is 11.2. The molecule has 0 rings (SSSR count). The summed E-state index contributed by atoms with van der Waals surface area (Å²) >= 11 is 0. The maximum atomic E-state index is 12.8. The summed E-state index contributed by atoms with van der Waals surface area (Å²) in [4.78, 5) is 11.3. The third-order valence-electron chi connectivity index (χ3n) is 2.06. The van der Waals surface area contributed by atoms with Gasteiger partial charge in [-0.3, -0.25) is 4.79 Å². The van der Waals surface area contributed by atoms with E-state index >= 15 is 0 Å². The van der Waals surface area contributed by atoms with Gasteiger partial charge in [0.05, 0.1) is 22.3 Å². The second-order valence-corrected chi connectivity index (χ2v) is 6.79. The number of halogens is 3. The van der Waals surface area contributed by atoms with Crippen molar-refractivity contribution in [3.05, 3.63) is 0 Å². The van der Waals surface area contributed by atoms with Crippen LogP contribution >= 0.6 is 0 Å². The molecule has 0 fully saturated rings. The number of nitrogens with two attached hydrogens (primary N) is 1. The molecule has 0 heterocycles. The van der Waals surface area contributed by atoms with Crippen molar-refractivity contribution in [2.75, 3.05) is 6.61 Å². The Labute approximate surface area is 112 Å². The van der Waals surface area contributed by atoms with Crippen LogP contribution in [0.15, 0.2) is 0 Å². The Balaban J connectivity index is 5.05. The molecule has 0 aromatic heterocycles. The maximum absolute atomic E-state index is 12.8. The van der Waals surface area contributed by atoms with Gasteiger partial charge in [-0.05, 0) is 27.7 Å². The fourth-order valence-electron chi connectivity index (χ4n) is 1.01. The molecule has 0 aliphatic carbocycles. The van der Waals surface area contributed by atoms with Crippen LogP contribution in [-0.2, 0) is 20.5 Å². The summed E-state index contributed by atoms with van der Waals surface area (Å²) in [6.07, 6.45) is -4.81. The van der Waals surface area contributed by atoms with Crippen LogP contribution < -0.4 is 10.5 Å². The lowest BCUT2D eigenvalue weighted by molar-refractivity contribution is -0.170. The lowest BCUT2D eigenvalue weighted by Crippen LogP contribution is -2.59. The summed E-state index contributed by atoms with van der Waals surface area (Å²) < 4.78 is 55.6. The van der Waals surface area contributed by atoms with E-state index in [1.807, 2.05) is 4.72 Å². The first-order valence-electron chi connectivity index (χ1n) is 5.58. The highest BCUT2D eigenvalue weighted by atomic mass is 32.2. The second-order valence-electron chi connectivity index (χ2n) is 4.80. The van der Waals surface area contributed by atoms with Gasteiger partial charge in [-0.25, -0.2) is 8.93 Å². The van der Waals surface area contributed by atoms with Crippen LogP contribution in [0.3, 0.4) is 0 Å². The van der Waals surface area contributed by atoms with Gasteiger partial charge < -0.3 is 10.5 Å². The number of alkyl halides is 3. The van der Waals surface area contributed by atoms with Gasteiger partial charge in [0.15, 0.2) is 0 Å². The molecular weight excluding hydrogens is 285 g/mol. The van der Waals surface area contributed by atoms with Crippen molar-refractivity contribution in [1.29, 1.82) is 0 Å². The van der Waals surface area contributed by atoms with Gasteiger partial charge in [-0.1, -0.05) is 0 Å². The molecule has 0 aromatic carbocycles. The molecule has 0 radical (unpaired) electrons. The molecule has 0 amide bonds. The Morgan fingerprint density at radius 2 is 1.84 bits per heavy atom. The molecule has 0 aromatic rings. The Morgan fingerprint density at radius 1 is 1.37 bits per heavy atom. The predicted octanol–water partition coefficient (Wildman–Crippen LogP) is 0.859. The third-order valence-corrected chi connectivity index (χ3v) is 3.64. The zero-order chi connectivity index (χ0) is 15.4. The quantitative estimate of drug-likeness (QED) is 0.738. The van der Waals surface area contributed by atoms with Crippen LogP contribution in [-0.4, -0.2) is 39.8 Å². The number of esters is 1. The molecule has 0 bridgehead atoms. The number of nitrogens with one attached hydrogen (secondary N) is 1. The number of ether oxygens (including phenoxy) is 1. The summed E-state index contributed by atoms with van der Waals surface area (Å²) in [5.74, 6) is -1.19. The molecule has 0 saturated carbocycles. The van der Waals surface area contributed by atoms with Crippen LogP contribution in [0.5, 0.6) is 0 Å². The minimum absolute atomic E-state index is 0.0839. The van der Waals surface area contributed by atoms with Crippen molar-refractivity contribution < 1.29 is 26.9 Å². The number of hydrogen-bond donors (Lipinski definition) is 2. The van der Waals surface area contributed by atoms with Gasteiger partial charge in [0.25, 0.3) is 0 Å². The second kappa shape index (κ2) is 6.67. The first kappa shape index (κ1) is 18.3. The van der Waals surface area contributed by atoms with Crippen LogP contribution in [0, 0.1) is 0 Å². The van der Waals surface area contributed by atoms with Gasteiger partial charge in [0.2, 0.25) is 0 Å². The number of rotatable bonds is 5. The number of hydrogen-bond acceptors (Lipinski definition) is 4. The molecule has 114 valence electrons. The molecule has 0 unspecified atom stereocenters. The topological polar surface area (TPSA) is 81.4 Å². The average molecular weight is 304 g/mol. The van der Waals surface area contributed by atoms with Crippen molar-refractivity contribution in [3.63, 3.8) is 0 Å². The monoisotopic (exact) mass is 304 g/mol. The van der Waals surface area contributed by atoms with Crippen molar-refractivity contribution in [2.45, 2.75) is 50.7 Å². The highest BCUT2D eigenvalue weighted by Crippen LogP contribution is 2.24. The van der Waals surface area contributed by atoms with Gasteiger partial charge in [-0.15, -0.1) is 0 Å². The van der Waals surface area contributed by atoms with Crippen LogP contribution in [0.4, 0.5) is 13.2 Å². The molecule has 0 saturated heterocycles. The molecule has 0 aliphatic rings. The van der Waals surface area contributed by atoms with Crippen LogP contribution in [0.25, 0.3) is 0 Å². The third kappa shape index (κ3) is 5.87. The predicted molar refractivity (Wildman–Crippen MR) is 65.5 cm³/mol. The van der Waals surface area contributed by atoms with Crippen LogP contribution in [0.2, 0.25) is 0 Å². The lowest BCUT2D eigenvalue weighted by Gasteiger charge is -2.28. The van der Waals surface area contributed by atoms with E-state index in [1.54, 1.807) is 0 Å². The van der Waals surface area contributed by atoms with Gasteiger partial charge >= 0.3 is 12.1 Å². The fourth-order valence-corrected chi connectivity index (χ4v) is 1.87. The normalized spacial score (nSPS) is 17.7. The Kier molecular flexibility index (Phi) is 6.43. The Bertz CT molecular complexity index is 342. The molecular formula is C10H19F3N2O3S. The molecule has 0 spiro atoms. The number of carbonyl (C=O) groups is 1. The summed E-state index contributed by atoms with van der Waals surface area (Å²) in [7, 11) is -2.01. The molecule has 3 atom stereocenters. The molecule has 5 nitrogen and oxygen atoms in total. The molecule has 19 heavy (non-hydrogen) atoms. The van der Waals surface area contributed by atoms with E-state index in [2.05, 4.69) is 4.74 Å². The smallest absolute Gasteiger partial charge is 0.406 e. The summed E-state index contributed by atoms with van der Waals surface area (Å²) in [6, 6.07) is -4.39. The zero-order valence-corrected chi connectivity index (χ0v) is 12.0. The largest absolute Gasteiger partial charge is 0.465 e. The first-order chi connectivity index (χ1) is 8.41. The van der Waals surface area contributed by atoms with Crippen molar-refractivity contribution in [1.82, 2.24) is 4.72 Å². The lowest BCUT2D eigenvalue weighted by atomic mass is 10.1. The van der Waals surface area contributed by atoms with E-state index < -0.39 is 40.0 Å². The first-order valence-corrected chi connectivity index (χ1v) is 6.73. The average Bonchev–Trinajstić information content (AvgIpc) is 2.21. The highest BCUT2D eigenvalue weighted by molar-refractivity contribution is 7.84. The minimum atomic E-state index is -4.81. The maximum Gasteiger partial charge on any atom is 0.406 e. The van der Waals surface area contributed by atoms with Crippen molar-refractivity contribution in [2.24, 2.45) is 5.73 Å². The summed E-state index contributed by atoms with van der Waals surface area (Å²) in [6.45, 7) is 5.87. The van der Waals surface area contributed by atoms with E-state index in [0.29, 0.717) is 0 Å². The molecule has 0 aliphatic heterocycles. The van der Waals surface area contributed by atoms with Gasteiger partial charge in [0, 0.05) is 0 Å². The molecule has 3 N–H and O–H groups in total. The SMILES string of the molecule is CCOC(=O)[C@H](N)[C@@H](N[S@](=O)C(C)(C)C)C(F)(F)F. The van der Waals surface area contributed by atoms with Crippen molar-refractivity contribution in [3.8, 4) is 0 Å². The molecule has 9 heteroatoms. The van der Waals surface area contributed by atoms with Crippen molar-refractivity contribution >= 4 is 17.0 Å². The van der Waals surface area contributed by atoms with Crippen LogP contribution in [0.1, 0.15) is 27.7 Å². The van der Waals surface area contributed by atoms with E-state index in [9.17, 15) is 22.2 Å². The van der Waals surface area contributed by atoms with Gasteiger partial charge in [0.1, 0.15) is 12.1 Å². The number of carbonyl (C=O) groups excluding carboxylic acids is 1. The summed E-state index contributed by atoms with van der Waals surface area (Å²) in [5.41, 5.74) is 5.23. The van der Waals surface area contributed by atoms with Gasteiger partial charge in [-0.2, -0.15) is 13.2 Å². The minimum Gasteiger partial charge on any atom is -0.465 e. The highest BCUT2D eigenvalue weighted by Gasteiger charge is 2.48. The Morgan fingerprint density at radius 3 is 2.16 bits per heavy atom. The van der Waals surface area contributed by atoms with E-state index in [0.717, 1.165) is 0 Å². The Hall–Kier alpha value is -0.670. The fraction of sp³-hybridized carbons (Fsp3) is 0.900. The van der Waals surface area contributed by atoms with E-state index in [4.69, 9.17) is 5.73 Å². The summed E-state index contributed by atoms with van der Waals surface area (Å²) in [5, 5.41) is 0. The van der Waals surface area contributed by atoms with E-state index in [1.165, 1.54) is 27.7 Å².